The molecular formula is C19H19N5O2. The van der Waals surface area contributed by atoms with Gasteiger partial charge in [0.05, 0.1) is 25.1 Å². The Labute approximate surface area is 151 Å². The minimum absolute atomic E-state index is 0.597. The SMILES string of the molecule is c1ccc(Oc2ccccc2Nc2cnnc(N3CCOCC3)n2)cc1. The van der Waals surface area contributed by atoms with Gasteiger partial charge >= 0.3 is 0 Å². The van der Waals surface area contributed by atoms with Crippen LogP contribution in [0.25, 0.3) is 0 Å². The van der Waals surface area contributed by atoms with Crippen molar-refractivity contribution in [2.75, 3.05) is 36.5 Å². The summed E-state index contributed by atoms with van der Waals surface area (Å²) in [5, 5.41) is 11.5. The van der Waals surface area contributed by atoms with Crippen molar-refractivity contribution < 1.29 is 9.47 Å². The Morgan fingerprint density at radius 1 is 0.962 bits per heavy atom. The maximum absolute atomic E-state index is 5.98. The van der Waals surface area contributed by atoms with Gasteiger partial charge in [0.15, 0.2) is 11.6 Å². The summed E-state index contributed by atoms with van der Waals surface area (Å²) in [6, 6.07) is 17.4. The topological polar surface area (TPSA) is 72.4 Å². The highest BCUT2D eigenvalue weighted by molar-refractivity contribution is 5.64. The van der Waals surface area contributed by atoms with Crippen LogP contribution < -0.4 is 15.0 Å². The smallest absolute Gasteiger partial charge is 0.247 e. The molecule has 0 amide bonds. The minimum Gasteiger partial charge on any atom is -0.455 e. The van der Waals surface area contributed by atoms with E-state index in [1.54, 1.807) is 6.20 Å². The number of nitrogens with one attached hydrogen (secondary N) is 1. The molecule has 0 atom stereocenters. The molecule has 0 spiro atoms. The summed E-state index contributed by atoms with van der Waals surface area (Å²) in [6.07, 6.45) is 1.60. The number of anilines is 3. The van der Waals surface area contributed by atoms with Gasteiger partial charge in [-0.1, -0.05) is 30.3 Å². The Morgan fingerprint density at radius 2 is 1.73 bits per heavy atom. The summed E-state index contributed by atoms with van der Waals surface area (Å²) in [6.45, 7) is 2.88. The molecule has 2 aromatic carbocycles. The number of morpholine rings is 1. The quantitative estimate of drug-likeness (QED) is 0.758. The number of hydrogen-bond donors (Lipinski definition) is 1. The van der Waals surface area contributed by atoms with Crippen molar-refractivity contribution in [1.29, 1.82) is 0 Å². The molecule has 0 radical (unpaired) electrons. The summed E-state index contributed by atoms with van der Waals surface area (Å²) < 4.78 is 11.3. The van der Waals surface area contributed by atoms with Gasteiger partial charge in [0.2, 0.25) is 5.95 Å². The summed E-state index contributed by atoms with van der Waals surface area (Å²) in [4.78, 5) is 6.63. The van der Waals surface area contributed by atoms with Crippen LogP contribution in [0.1, 0.15) is 0 Å². The van der Waals surface area contributed by atoms with Crippen LogP contribution in [0.15, 0.2) is 60.8 Å². The molecule has 4 rings (SSSR count). The highest BCUT2D eigenvalue weighted by Gasteiger charge is 2.15. The second-order valence-electron chi connectivity index (χ2n) is 5.78. The molecule has 7 nitrogen and oxygen atoms in total. The molecule has 0 unspecified atom stereocenters. The third-order valence-corrected chi connectivity index (χ3v) is 3.96. The molecule has 1 fully saturated rings. The summed E-state index contributed by atoms with van der Waals surface area (Å²) in [5.41, 5.74) is 0.810. The van der Waals surface area contributed by atoms with E-state index in [1.807, 2.05) is 54.6 Å². The first kappa shape index (κ1) is 16.3. The molecule has 1 aliphatic heterocycles. The molecular weight excluding hydrogens is 330 g/mol. The predicted octanol–water partition coefficient (Wildman–Crippen LogP) is 3.24. The van der Waals surface area contributed by atoms with Crippen molar-refractivity contribution in [3.63, 3.8) is 0 Å². The number of rotatable bonds is 5. The molecule has 0 saturated carbocycles. The fourth-order valence-corrected chi connectivity index (χ4v) is 2.66. The molecule has 1 aromatic heterocycles. The minimum atomic E-state index is 0.597. The third-order valence-electron chi connectivity index (χ3n) is 3.96. The monoisotopic (exact) mass is 349 g/mol. The van der Waals surface area contributed by atoms with Crippen molar-refractivity contribution in [1.82, 2.24) is 15.2 Å². The van der Waals surface area contributed by atoms with Crippen molar-refractivity contribution in [2.45, 2.75) is 0 Å². The maximum atomic E-state index is 5.98. The van der Waals surface area contributed by atoms with Gasteiger partial charge in [-0.3, -0.25) is 0 Å². The molecule has 3 aromatic rings. The van der Waals surface area contributed by atoms with Gasteiger partial charge in [0.1, 0.15) is 5.75 Å². The zero-order valence-electron chi connectivity index (χ0n) is 14.2. The Kier molecular flexibility index (Phi) is 4.88. The van der Waals surface area contributed by atoms with Crippen molar-refractivity contribution >= 4 is 17.5 Å². The number of nitrogens with zero attached hydrogens (tertiary/aromatic N) is 4. The van der Waals surface area contributed by atoms with Crippen LogP contribution >= 0.6 is 0 Å². The van der Waals surface area contributed by atoms with Crippen LogP contribution in [-0.4, -0.2) is 41.5 Å². The second-order valence-corrected chi connectivity index (χ2v) is 5.78. The fraction of sp³-hybridized carbons (Fsp3) is 0.211. The summed E-state index contributed by atoms with van der Waals surface area (Å²) >= 11 is 0. The first-order valence-corrected chi connectivity index (χ1v) is 8.50. The van der Waals surface area contributed by atoms with E-state index in [0.717, 1.165) is 24.5 Å². The lowest BCUT2D eigenvalue weighted by molar-refractivity contribution is 0.122. The summed E-state index contributed by atoms with van der Waals surface area (Å²) in [5.74, 6) is 2.70. The molecule has 2 heterocycles. The number of benzene rings is 2. The van der Waals surface area contributed by atoms with Crippen LogP contribution in [0.5, 0.6) is 11.5 Å². The Hall–Kier alpha value is -3.19. The van der Waals surface area contributed by atoms with Crippen LogP contribution in [0.3, 0.4) is 0 Å². The van der Waals surface area contributed by atoms with E-state index in [2.05, 4.69) is 25.4 Å². The largest absolute Gasteiger partial charge is 0.455 e. The Bertz CT molecular complexity index is 853. The highest BCUT2D eigenvalue weighted by atomic mass is 16.5. The van der Waals surface area contributed by atoms with Gasteiger partial charge in [-0.15, -0.1) is 5.10 Å². The molecule has 7 heteroatoms. The molecule has 1 N–H and O–H groups in total. The van der Waals surface area contributed by atoms with E-state index in [9.17, 15) is 0 Å². The zero-order valence-corrected chi connectivity index (χ0v) is 14.2. The highest BCUT2D eigenvalue weighted by Crippen LogP contribution is 2.31. The van der Waals surface area contributed by atoms with Gasteiger partial charge in [0, 0.05) is 13.1 Å². The van der Waals surface area contributed by atoms with E-state index < -0.39 is 0 Å². The maximum Gasteiger partial charge on any atom is 0.247 e. The predicted molar refractivity (Wildman–Crippen MR) is 99.1 cm³/mol. The number of hydrogen-bond acceptors (Lipinski definition) is 7. The van der Waals surface area contributed by atoms with E-state index in [4.69, 9.17) is 9.47 Å². The fourth-order valence-electron chi connectivity index (χ4n) is 2.66. The first-order valence-electron chi connectivity index (χ1n) is 8.50. The molecule has 1 saturated heterocycles. The van der Waals surface area contributed by atoms with Crippen molar-refractivity contribution in [2.24, 2.45) is 0 Å². The third kappa shape index (κ3) is 3.89. The molecule has 0 bridgehead atoms. The van der Waals surface area contributed by atoms with Gasteiger partial charge in [-0.25, -0.2) is 0 Å². The van der Waals surface area contributed by atoms with Crippen LogP contribution in [0, 0.1) is 0 Å². The Balaban J connectivity index is 1.54. The van der Waals surface area contributed by atoms with Crippen LogP contribution in [0.2, 0.25) is 0 Å². The van der Waals surface area contributed by atoms with E-state index >= 15 is 0 Å². The van der Waals surface area contributed by atoms with E-state index in [-0.39, 0.29) is 0 Å². The number of aromatic nitrogens is 3. The average Bonchev–Trinajstić information content (AvgIpc) is 2.71. The van der Waals surface area contributed by atoms with E-state index in [0.29, 0.717) is 30.7 Å². The molecule has 0 aliphatic carbocycles. The summed E-state index contributed by atoms with van der Waals surface area (Å²) in [7, 11) is 0. The van der Waals surface area contributed by atoms with Crippen molar-refractivity contribution in [3.05, 3.63) is 60.8 Å². The normalized spacial score (nSPS) is 14.1. The molecule has 1 aliphatic rings. The lowest BCUT2D eigenvalue weighted by atomic mass is 10.3. The van der Waals surface area contributed by atoms with Crippen molar-refractivity contribution in [3.8, 4) is 11.5 Å². The lowest BCUT2D eigenvalue weighted by Crippen LogP contribution is -2.37. The van der Waals surface area contributed by atoms with Crippen LogP contribution in [-0.2, 0) is 4.74 Å². The van der Waals surface area contributed by atoms with Gasteiger partial charge in [-0.05, 0) is 24.3 Å². The standard InChI is InChI=1S/C19H19N5O2/c1-2-6-15(7-3-1)26-17-9-5-4-8-16(17)21-18-14-20-23-19(22-18)24-10-12-25-13-11-24/h1-9,14H,10-13H2,(H,21,22,23). The first-order chi connectivity index (χ1) is 12.9. The van der Waals surface area contributed by atoms with E-state index in [1.165, 1.54) is 0 Å². The average molecular weight is 349 g/mol. The van der Waals surface area contributed by atoms with Gasteiger partial charge in [0.25, 0.3) is 0 Å². The number of para-hydroxylation sites is 3. The second kappa shape index (κ2) is 7.79. The van der Waals surface area contributed by atoms with Gasteiger partial charge < -0.3 is 19.7 Å². The molecule has 132 valence electrons. The molecule has 26 heavy (non-hydrogen) atoms. The van der Waals surface area contributed by atoms with Gasteiger partial charge in [-0.2, -0.15) is 10.1 Å². The van der Waals surface area contributed by atoms with Crippen LogP contribution in [0.4, 0.5) is 17.5 Å². The lowest BCUT2D eigenvalue weighted by Gasteiger charge is -2.26. The Morgan fingerprint density at radius 3 is 2.58 bits per heavy atom. The zero-order chi connectivity index (χ0) is 17.6. The number of ether oxygens (including phenoxy) is 2.